The van der Waals surface area contributed by atoms with Crippen LogP contribution in [0.25, 0.3) is 0 Å². The highest BCUT2D eigenvalue weighted by molar-refractivity contribution is 14.1. The predicted octanol–water partition coefficient (Wildman–Crippen LogP) is 32.3. The molecule has 0 aliphatic carbocycles. The molecule has 0 saturated carbocycles. The average Bonchev–Trinajstić information content (AvgIpc) is 1.78. The van der Waals surface area contributed by atoms with Crippen LogP contribution in [0.4, 0.5) is 4.79 Å². The summed E-state index contributed by atoms with van der Waals surface area (Å²) >= 11 is 43.3. The van der Waals surface area contributed by atoms with Crippen LogP contribution in [0.15, 0.2) is 29.1 Å². The van der Waals surface area contributed by atoms with Gasteiger partial charge in [-0.3, -0.25) is 39.1 Å². The van der Waals surface area contributed by atoms with E-state index in [0.717, 1.165) is 18.8 Å². The van der Waals surface area contributed by atoms with Crippen molar-refractivity contribution >= 4 is 298 Å². The Morgan fingerprint density at radius 2 is 0.828 bits per heavy atom. The van der Waals surface area contributed by atoms with Gasteiger partial charge in [0.25, 0.3) is 0 Å². The number of rotatable bonds is 11. The van der Waals surface area contributed by atoms with E-state index in [1.54, 1.807) is 41.7 Å². The molecule has 0 aromatic carbocycles. The number of halogens is 15. The number of aliphatic imine (C=N–C) groups is 1. The van der Waals surface area contributed by atoms with Gasteiger partial charge in [-0.25, -0.2) is 4.79 Å². The highest BCUT2D eigenvalue weighted by Crippen LogP contribution is 2.12. The molecular weight excluding hydrogens is 2310 g/mol. The number of ether oxygens (including phenoxy) is 2. The van der Waals surface area contributed by atoms with Crippen LogP contribution >= 0.6 is 246 Å². The second-order valence-corrected chi connectivity index (χ2v) is 14.4. The standard InChI is InChI=1S/C8H14N2.C7H14N2O2.C7H13NO3.C5H10O.2C3H5BrO.C3H7NO.C3H6O.C3H4.12CH3Br.CH3I.13CH4.20H2/c1-6-4-8(10-5-6)7(2)9-3;1-5(10)4-9-7(11)6(2)8-3;1-5(9)8-6(10)11-7(2,3)4;1-4-6-5(2)3;3*1-3(5)2-4;1-3(2)4;1-3-2;13*1-2;;;;;;;;;;;;;;;;;;;;;;;;;;;;;;;;;/h5,7,9H,4H2,1-3H3;6,8H,4H2,1-3H3,(H,9,11);1-4H3,(H,8,9,10);2,4H2,1,3H3;2*2H2,1H3;2,4H2,1H3;1-2H3;1H,2H3;13*1H3;13*1H4;20*1H/t7-;6-;;;;;;;;;;;;;;;;;;;;;;;;;;;;;;;;;;;;;;;;;;;;;;;;;;;;;/m00...................................................../s1/i;;;;;;;;;;;;;;;;;;;;;;;;;;;;;;;;;;;16*1+1D;4*1+1. The Balaban J connectivity index is -0.00000000979. The van der Waals surface area contributed by atoms with Crippen molar-refractivity contribution in [1.29, 1.82) is 0 Å². The monoisotopic (exact) mass is 2540 g/mol. The third kappa shape index (κ3) is 450. The minimum Gasteiger partial charge on any atom is -0.499 e. The first-order chi connectivity index (χ1) is 56.3. The largest absolute Gasteiger partial charge is 0.499 e. The van der Waals surface area contributed by atoms with Crippen molar-refractivity contribution in [3.63, 3.8) is 0 Å². The summed E-state index contributed by atoms with van der Waals surface area (Å²) in [5.41, 5.74) is 6.87. The van der Waals surface area contributed by atoms with Crippen molar-refractivity contribution < 1.29 is 101 Å². The lowest BCUT2D eigenvalue weighted by Crippen LogP contribution is -2.41. The number of alkyl carbamates (subject to hydrolysis) is 1. The number of carbonyl (C=O) groups is 8. The van der Waals surface area contributed by atoms with Crippen molar-refractivity contribution in [2.45, 2.75) is 231 Å². The van der Waals surface area contributed by atoms with Crippen LogP contribution in [0.2, 0.25) is 0 Å². The van der Waals surface area contributed by atoms with Crippen LogP contribution in [-0.4, -0.2) is 190 Å². The average molecular weight is 2550 g/mol. The molecular formula is C68H209Br14IN6O10. The molecule has 1 rings (SSSR count). The minimum atomic E-state index is -0.704. The molecule has 0 saturated heterocycles. The number of hydrogen-bond donors (Lipinski definition) is 5. The maximum Gasteiger partial charge on any atom is 0.414 e. The number of allylic oxidation sites excluding steroid dienone is 2. The zero-order valence-electron chi connectivity index (χ0n) is 89.5. The molecule has 99 heavy (non-hydrogen) atoms. The van der Waals surface area contributed by atoms with E-state index >= 15 is 0 Å². The van der Waals surface area contributed by atoms with E-state index in [9.17, 15) is 38.4 Å². The number of imide groups is 1. The number of amides is 3. The molecule has 0 aromatic heterocycles. The van der Waals surface area contributed by atoms with Gasteiger partial charge in [0.1, 0.15) is 34.5 Å². The molecule has 1 aliphatic heterocycles. The molecule has 3 amide bonds. The van der Waals surface area contributed by atoms with E-state index in [4.69, 9.17) is 62.7 Å². The summed E-state index contributed by atoms with van der Waals surface area (Å²) in [4.78, 5) is 87.3. The number of carbonyl (C=O) groups excluding carboxylic acids is 8. The first-order valence-electron chi connectivity index (χ1n) is 39.5. The van der Waals surface area contributed by atoms with Gasteiger partial charge in [-0.2, -0.15) is 0 Å². The molecule has 2 atom stereocenters. The van der Waals surface area contributed by atoms with Crippen molar-refractivity contribution in [2.24, 2.45) is 10.7 Å². The van der Waals surface area contributed by atoms with Crippen LogP contribution in [-0.2, 0) is 43.0 Å². The van der Waals surface area contributed by atoms with Crippen LogP contribution in [0.5, 0.6) is 0 Å². The van der Waals surface area contributed by atoms with E-state index < -0.39 is 17.6 Å². The number of alkyl halides is 15. The fourth-order valence-electron chi connectivity index (χ4n) is 2.19. The van der Waals surface area contributed by atoms with Gasteiger partial charge in [0.2, 0.25) is 11.8 Å². The van der Waals surface area contributed by atoms with Gasteiger partial charge in [-0.05, 0) is 198 Å². The summed E-state index contributed by atoms with van der Waals surface area (Å²) in [6, 6.07) is 0.183. The Kier molecular flexibility index (Phi) is 378. The molecule has 0 aromatic rings. The second-order valence-electron chi connectivity index (χ2n) is 13.3. The summed E-state index contributed by atoms with van der Waals surface area (Å²) in [6.07, 6.45) is 6.88. The minimum absolute atomic E-state index is 0. The van der Waals surface area contributed by atoms with Crippen molar-refractivity contribution in [1.82, 2.24) is 21.3 Å². The Bertz CT molecular complexity index is 1480. The number of nitrogens with one attached hydrogen (secondary N) is 4. The third-order valence-corrected chi connectivity index (χ3v) is 6.49. The van der Waals surface area contributed by atoms with Crippen LogP contribution in [0.3, 0.4) is 0 Å². The van der Waals surface area contributed by atoms with Gasteiger partial charge in [0.15, 0.2) is 0 Å². The Hall–Kier alpha value is 2.60. The molecule has 0 fully saturated rings. The Labute approximate surface area is 811 Å². The van der Waals surface area contributed by atoms with Gasteiger partial charge >= 0.3 is 6.09 Å². The summed E-state index contributed by atoms with van der Waals surface area (Å²) in [7, 11) is 3.65. The maximum absolute atomic E-state index is 11.0. The van der Waals surface area contributed by atoms with Crippen molar-refractivity contribution in [3.8, 4) is 12.3 Å². The van der Waals surface area contributed by atoms with E-state index in [-0.39, 0.29) is 156 Å². The van der Waals surface area contributed by atoms with E-state index in [1.165, 1.54) is 59.8 Å². The summed E-state index contributed by atoms with van der Waals surface area (Å²) in [6.45, 7) is 31.4. The van der Waals surface area contributed by atoms with Crippen LogP contribution in [0.1, 0.15) is 267 Å². The summed E-state index contributed by atoms with van der Waals surface area (Å²) in [5.74, 6) is 24.7. The Morgan fingerprint density at radius 3 is 0.939 bits per heavy atom. The number of Topliss-reactive ketones (excluding diaryl/α,β-unsaturated/α-hetero) is 5. The number of likely N-dealkylation sites (N-methyl/N-ethyl adjacent to an activating group) is 1. The zero-order chi connectivity index (χ0) is 108. The molecule has 0 unspecified atom stereocenters. The van der Waals surface area contributed by atoms with Crippen molar-refractivity contribution in [3.05, 3.63) is 24.1 Å². The third-order valence-electron chi connectivity index (χ3n) is 4.91. The number of nitrogens with zero attached hydrogens (tertiary/aromatic N) is 1. The molecule has 0 bridgehead atoms. The summed E-state index contributed by atoms with van der Waals surface area (Å²) in [5, 5.41) is 11.4. The molecule has 676 valence electrons. The lowest BCUT2D eigenvalue weighted by Gasteiger charge is -2.18. The zero-order valence-corrected chi connectivity index (χ0v) is 81.9. The highest BCUT2D eigenvalue weighted by Gasteiger charge is 2.16. The topological polar surface area (TPSA) is 242 Å². The molecule has 0 radical (unpaired) electrons. The fraction of sp³-hybridized carbons (Fsp3) is 0.779. The normalized spacial score (nSPS) is 8.63. The number of terminal acetylenes is 1. The molecule has 16 nitrogen and oxygen atoms in total. The quantitative estimate of drug-likeness (QED) is 0.0560. The number of nitrogens with two attached hydrogens (primary N) is 1. The van der Waals surface area contributed by atoms with Crippen LogP contribution < -0.4 is 27.0 Å². The van der Waals surface area contributed by atoms with Crippen LogP contribution in [0, 0.1) is 12.3 Å². The lowest BCUT2D eigenvalue weighted by molar-refractivity contribution is -0.125. The number of ketones is 5. The Morgan fingerprint density at radius 1 is 0.596 bits per heavy atom. The fourth-order valence-corrected chi connectivity index (χ4v) is 2.19. The van der Waals surface area contributed by atoms with Gasteiger partial charge in [-0.15, -0.1) is 12.3 Å². The predicted molar refractivity (Wildman–Crippen MR) is 581 cm³/mol. The van der Waals surface area contributed by atoms with Gasteiger partial charge < -0.3 is 36.0 Å². The van der Waals surface area contributed by atoms with Gasteiger partial charge in [0, 0.05) is 84.5 Å². The first kappa shape index (κ1) is 147. The summed E-state index contributed by atoms with van der Waals surface area (Å²) < 4.78 is 170. The first-order valence-corrected chi connectivity index (χ1v) is 47.0. The van der Waals surface area contributed by atoms with E-state index in [0.29, 0.717) is 16.7 Å². The van der Waals surface area contributed by atoms with E-state index in [1.807, 2.05) is 107 Å². The molecule has 1 heterocycles. The molecule has 0 spiro atoms. The number of hydrogen-bond acceptors (Lipinski definition) is 14. The van der Waals surface area contributed by atoms with Gasteiger partial charge in [-0.1, -0.05) is 349 Å². The van der Waals surface area contributed by atoms with E-state index in [2.05, 4.69) is 299 Å². The van der Waals surface area contributed by atoms with Crippen molar-refractivity contribution in [2.75, 3.05) is 119 Å². The molecule has 1 aliphatic rings. The lowest BCUT2D eigenvalue weighted by atomic mass is 10.1. The smallest absolute Gasteiger partial charge is 0.414 e. The molecule has 31 heteroatoms. The maximum atomic E-state index is 11.0. The highest BCUT2D eigenvalue weighted by atomic mass is 127. The van der Waals surface area contributed by atoms with Gasteiger partial charge in [0.05, 0.1) is 42.2 Å². The SMILES string of the molecule is C.C.C.C.C.C.C.C.C.C.C.C.C.C#CC.C=C(C)OCC.CBr.CBr.CBr.CBr.CBr.CBr.CBr.CBr.CBr.CBr.CBr.CBr.CC(=O)CBr.CC(=O)CBr.CC(=O)CN.CC(=O)NC(=O)OC(C)(C)C.CC(C)=O.CI.CN[C@@H](C)C(=O)NCC(C)=O.CN[C@@H](C)C1=NC=C(C)C1.[2HH].[2HH].[2HH].[2HH].[2H][2H].[2H][2H].[2H][2H].[2H][2H].[2H][2H].[2H][2H].[2H][2H].[2H][2H].[2H][2H].[2H][2H].[2H][2H].[2H][2H].[2H][2H].[2H][2H].[2H][2H].[2H][2H]. The second kappa shape index (κ2) is 255. The molecule has 6 N–H and O–H groups in total.